The third kappa shape index (κ3) is 5.30. The van der Waals surface area contributed by atoms with Gasteiger partial charge in [0.25, 0.3) is 0 Å². The molecule has 1 heterocycles. The Labute approximate surface area is 276 Å². The topological polar surface area (TPSA) is 64.1 Å². The van der Waals surface area contributed by atoms with Gasteiger partial charge in [-0.1, -0.05) is 140 Å². The molecule has 0 fully saturated rings. The van der Waals surface area contributed by atoms with E-state index < -0.39 is 0 Å². The second-order valence-corrected chi connectivity index (χ2v) is 12.5. The number of hydrogen-bond acceptors (Lipinski definition) is 3. The van der Waals surface area contributed by atoms with E-state index >= 15 is 0 Å². The minimum Gasteiger partial charge on any atom is -0.397 e. The quantitative estimate of drug-likeness (QED) is 0.119. The van der Waals surface area contributed by atoms with Gasteiger partial charge in [0, 0.05) is 12.7 Å². The molecule has 8 rings (SSSR count). The van der Waals surface area contributed by atoms with Gasteiger partial charge < -0.3 is 16.8 Å². The number of benzene rings is 6. The van der Waals surface area contributed by atoms with Crippen molar-refractivity contribution in [2.75, 3.05) is 18.0 Å². The highest BCUT2D eigenvalue weighted by Gasteiger charge is 2.21. The lowest BCUT2D eigenvalue weighted by Crippen LogP contribution is -2.14. The number of allylic oxidation sites excluding steroid dienone is 5. The van der Waals surface area contributed by atoms with Gasteiger partial charge in [0.05, 0.1) is 11.4 Å². The monoisotopic (exact) mass is 607 g/mol. The predicted octanol–water partition coefficient (Wildman–Crippen LogP) is 10.1. The van der Waals surface area contributed by atoms with E-state index in [4.69, 9.17) is 11.5 Å². The van der Waals surface area contributed by atoms with Gasteiger partial charge in [-0.05, 0) is 96.5 Å². The van der Waals surface area contributed by atoms with E-state index in [0.29, 0.717) is 11.4 Å². The summed E-state index contributed by atoms with van der Waals surface area (Å²) in [5.41, 5.74) is 26.9. The lowest BCUT2D eigenvalue weighted by atomic mass is 9.95. The van der Waals surface area contributed by atoms with Gasteiger partial charge in [0.2, 0.25) is 0 Å². The van der Waals surface area contributed by atoms with Crippen LogP contribution in [0.4, 0.5) is 11.4 Å². The first kappa shape index (κ1) is 28.7. The van der Waals surface area contributed by atoms with E-state index in [-0.39, 0.29) is 0 Å². The van der Waals surface area contributed by atoms with Gasteiger partial charge >= 0.3 is 0 Å². The number of rotatable bonds is 8. The van der Waals surface area contributed by atoms with Crippen molar-refractivity contribution in [3.8, 4) is 22.3 Å². The lowest BCUT2D eigenvalue weighted by Gasteiger charge is -2.16. The smallest absolute Gasteiger partial charge is 0.0624 e. The Kier molecular flexibility index (Phi) is 7.43. The zero-order chi connectivity index (χ0) is 31.7. The van der Waals surface area contributed by atoms with Crippen LogP contribution in [-0.4, -0.2) is 6.54 Å². The molecule has 0 radical (unpaired) electrons. The second-order valence-electron chi connectivity index (χ2n) is 12.5. The van der Waals surface area contributed by atoms with Crippen LogP contribution in [0, 0.1) is 0 Å². The van der Waals surface area contributed by atoms with Crippen LogP contribution in [0.1, 0.15) is 28.7 Å². The zero-order valence-corrected chi connectivity index (χ0v) is 26.3. The fourth-order valence-electron chi connectivity index (χ4n) is 7.19. The first-order chi connectivity index (χ1) is 23.2. The first-order valence-electron chi connectivity index (χ1n) is 16.4. The Balaban J connectivity index is 0.932. The van der Waals surface area contributed by atoms with Crippen LogP contribution in [0.5, 0.6) is 0 Å². The molecule has 2 aliphatic rings. The Morgan fingerprint density at radius 1 is 0.553 bits per heavy atom. The van der Waals surface area contributed by atoms with Crippen molar-refractivity contribution in [1.82, 2.24) is 5.32 Å². The van der Waals surface area contributed by atoms with Crippen molar-refractivity contribution in [3.05, 3.63) is 168 Å². The van der Waals surface area contributed by atoms with Crippen LogP contribution >= 0.6 is 0 Å². The van der Waals surface area contributed by atoms with Crippen LogP contribution in [0.2, 0.25) is 0 Å². The summed E-state index contributed by atoms with van der Waals surface area (Å²) in [5, 5.41) is 8.68. The van der Waals surface area contributed by atoms with Crippen molar-refractivity contribution in [1.29, 1.82) is 0 Å². The Hall–Kier alpha value is -5.80. The summed E-state index contributed by atoms with van der Waals surface area (Å²) in [6.07, 6.45) is 15.6. The molecule has 0 amide bonds. The molecule has 5 N–H and O–H groups in total. The maximum absolute atomic E-state index is 6.56. The average Bonchev–Trinajstić information content (AvgIpc) is 3.45. The van der Waals surface area contributed by atoms with Crippen LogP contribution in [0.15, 0.2) is 145 Å². The summed E-state index contributed by atoms with van der Waals surface area (Å²) in [6.45, 7) is 0.851. The summed E-state index contributed by atoms with van der Waals surface area (Å²) in [5.74, 6) is 0. The molecule has 0 spiro atoms. The number of nitrogens with two attached hydrogens (primary N) is 2. The number of fused-ring (bicyclic) bond motifs is 4. The molecular weight excluding hydrogens is 571 g/mol. The zero-order valence-electron chi connectivity index (χ0n) is 26.3. The van der Waals surface area contributed by atoms with Crippen LogP contribution in [0.25, 0.3) is 55.4 Å². The number of nitrogen functional groups attached to an aromatic ring is 2. The van der Waals surface area contributed by atoms with Gasteiger partial charge in [0.1, 0.15) is 0 Å². The van der Waals surface area contributed by atoms with E-state index in [1.54, 1.807) is 0 Å². The molecule has 228 valence electrons. The summed E-state index contributed by atoms with van der Waals surface area (Å²) in [4.78, 5) is 0. The van der Waals surface area contributed by atoms with E-state index in [1.165, 1.54) is 66.1 Å². The number of anilines is 2. The van der Waals surface area contributed by atoms with Crippen molar-refractivity contribution >= 4 is 44.6 Å². The molecule has 6 aromatic rings. The highest BCUT2D eigenvalue weighted by Crippen LogP contribution is 2.47. The number of hydrogen-bond donors (Lipinski definition) is 3. The van der Waals surface area contributed by atoms with E-state index in [1.807, 2.05) is 0 Å². The van der Waals surface area contributed by atoms with Gasteiger partial charge in [-0.2, -0.15) is 0 Å². The van der Waals surface area contributed by atoms with E-state index in [2.05, 4.69) is 151 Å². The molecule has 3 nitrogen and oxygen atoms in total. The van der Waals surface area contributed by atoms with Crippen LogP contribution in [-0.2, 0) is 12.8 Å². The highest BCUT2D eigenvalue weighted by atomic mass is 14.8. The molecule has 0 atom stereocenters. The molecule has 0 bridgehead atoms. The number of nitrogens with one attached hydrogen (secondary N) is 1. The molecule has 1 aliphatic carbocycles. The SMILES string of the molecule is Nc1c(/C=C\Cc2ccc3c4c(cccc24)-c2ccccc2-3)ccc(C/C=C\CC2=CC(c3cccc4ccccc34)=CNC2)c1N. The van der Waals surface area contributed by atoms with Crippen molar-refractivity contribution in [2.24, 2.45) is 0 Å². The van der Waals surface area contributed by atoms with Gasteiger partial charge in [0.15, 0.2) is 0 Å². The molecule has 0 aromatic heterocycles. The fraction of sp³-hybridized carbons (Fsp3) is 0.0909. The van der Waals surface area contributed by atoms with E-state index in [9.17, 15) is 0 Å². The molecular formula is C44H37N3. The van der Waals surface area contributed by atoms with Gasteiger partial charge in [-0.25, -0.2) is 0 Å². The Morgan fingerprint density at radius 2 is 1.21 bits per heavy atom. The summed E-state index contributed by atoms with van der Waals surface area (Å²) in [7, 11) is 0. The molecule has 6 aromatic carbocycles. The molecule has 0 unspecified atom stereocenters. The van der Waals surface area contributed by atoms with E-state index in [0.717, 1.165) is 36.9 Å². The minimum atomic E-state index is 0.645. The second kappa shape index (κ2) is 12.2. The molecule has 47 heavy (non-hydrogen) atoms. The van der Waals surface area contributed by atoms with Gasteiger partial charge in [-0.3, -0.25) is 0 Å². The third-order valence-corrected chi connectivity index (χ3v) is 9.62. The molecule has 1 aliphatic heterocycles. The average molecular weight is 608 g/mol. The van der Waals surface area contributed by atoms with Crippen LogP contribution in [0.3, 0.4) is 0 Å². The summed E-state index contributed by atoms with van der Waals surface area (Å²) < 4.78 is 0. The standard InChI is InChI=1S/C44H37N3/c45-43-32(12-2-1-10-29-26-34(28-47-27-29)36-19-8-14-30-11-3-4-16-35(30)36)22-23-33(44(43)46)15-7-13-31-24-25-41-39-18-6-5-17-38(39)40-21-9-20-37(31)42(40)41/h1-9,11,14-26,28,47H,10,12-13,27,45-46H2/b2-1-,15-7-. The summed E-state index contributed by atoms with van der Waals surface area (Å²) in [6, 6.07) is 39.1. The molecule has 3 heteroatoms. The van der Waals surface area contributed by atoms with Crippen molar-refractivity contribution < 1.29 is 0 Å². The largest absolute Gasteiger partial charge is 0.397 e. The predicted molar refractivity (Wildman–Crippen MR) is 202 cm³/mol. The lowest BCUT2D eigenvalue weighted by molar-refractivity contribution is 0.898. The maximum atomic E-state index is 6.56. The Bertz CT molecular complexity index is 2270. The van der Waals surface area contributed by atoms with Gasteiger partial charge in [-0.15, -0.1) is 0 Å². The Morgan fingerprint density at radius 3 is 2.11 bits per heavy atom. The molecule has 0 saturated carbocycles. The highest BCUT2D eigenvalue weighted by molar-refractivity contribution is 6.16. The minimum absolute atomic E-state index is 0.645. The van der Waals surface area contributed by atoms with Crippen LogP contribution < -0.4 is 16.8 Å². The molecule has 0 saturated heterocycles. The maximum Gasteiger partial charge on any atom is 0.0624 e. The summed E-state index contributed by atoms with van der Waals surface area (Å²) >= 11 is 0. The normalized spacial score (nSPS) is 13.7. The fourth-order valence-corrected chi connectivity index (χ4v) is 7.19. The first-order valence-corrected chi connectivity index (χ1v) is 16.4. The number of dihydropyridines is 1. The van der Waals surface area contributed by atoms with Crippen molar-refractivity contribution in [3.63, 3.8) is 0 Å². The van der Waals surface area contributed by atoms with Crippen molar-refractivity contribution in [2.45, 2.75) is 19.3 Å². The third-order valence-electron chi connectivity index (χ3n) is 9.62.